The normalized spacial score (nSPS) is 10.3. The third-order valence-corrected chi connectivity index (χ3v) is 2.65. The predicted octanol–water partition coefficient (Wildman–Crippen LogP) is 2.99. The number of ether oxygens (including phenoxy) is 1. The largest absolute Gasteiger partial charge is 0.494 e. The van der Waals surface area contributed by atoms with Crippen molar-refractivity contribution < 1.29 is 14.2 Å². The Morgan fingerprint density at radius 2 is 1.94 bits per heavy atom. The van der Waals surface area contributed by atoms with Crippen molar-refractivity contribution in [3.8, 4) is 16.9 Å². The number of rotatable bonds is 3. The van der Waals surface area contributed by atoms with Crippen LogP contribution in [0.4, 0.5) is 4.39 Å². The Bertz CT molecular complexity index is 523. The molecule has 0 spiro atoms. The van der Waals surface area contributed by atoms with Gasteiger partial charge in [0.25, 0.3) is 0 Å². The van der Waals surface area contributed by atoms with Gasteiger partial charge in [-0.15, -0.1) is 0 Å². The summed E-state index contributed by atoms with van der Waals surface area (Å²) in [5.74, 6) is -0.187. The fourth-order valence-corrected chi connectivity index (χ4v) is 1.77. The Labute approximate surface area is 99.3 Å². The zero-order valence-electron chi connectivity index (χ0n) is 9.48. The van der Waals surface area contributed by atoms with Crippen LogP contribution in [0.5, 0.6) is 5.75 Å². The van der Waals surface area contributed by atoms with E-state index >= 15 is 0 Å². The SMILES string of the molecule is COc1cc(-c2ccccc2CO)ccc1F. The molecule has 0 aliphatic rings. The fraction of sp³-hybridized carbons (Fsp3) is 0.143. The Kier molecular flexibility index (Phi) is 3.40. The third-order valence-electron chi connectivity index (χ3n) is 2.65. The first kappa shape index (κ1) is 11.6. The number of hydrogen-bond donors (Lipinski definition) is 1. The molecule has 0 unspecified atom stereocenters. The molecule has 0 saturated heterocycles. The Morgan fingerprint density at radius 3 is 2.65 bits per heavy atom. The van der Waals surface area contributed by atoms with Gasteiger partial charge in [-0.1, -0.05) is 30.3 Å². The van der Waals surface area contributed by atoms with E-state index in [9.17, 15) is 9.50 Å². The molecule has 2 nitrogen and oxygen atoms in total. The van der Waals surface area contributed by atoms with Gasteiger partial charge < -0.3 is 9.84 Å². The van der Waals surface area contributed by atoms with Crippen molar-refractivity contribution in [1.29, 1.82) is 0 Å². The van der Waals surface area contributed by atoms with Gasteiger partial charge in [-0.3, -0.25) is 0 Å². The summed E-state index contributed by atoms with van der Waals surface area (Å²) in [4.78, 5) is 0. The highest BCUT2D eigenvalue weighted by atomic mass is 19.1. The number of aliphatic hydroxyl groups is 1. The van der Waals surface area contributed by atoms with Crippen molar-refractivity contribution in [2.24, 2.45) is 0 Å². The van der Waals surface area contributed by atoms with E-state index in [0.717, 1.165) is 16.7 Å². The van der Waals surface area contributed by atoms with Crippen molar-refractivity contribution in [2.75, 3.05) is 7.11 Å². The molecule has 0 heterocycles. The molecule has 0 aromatic heterocycles. The summed E-state index contributed by atoms with van der Waals surface area (Å²) in [6.45, 7) is -0.0458. The molecule has 1 N–H and O–H groups in total. The van der Waals surface area contributed by atoms with E-state index < -0.39 is 5.82 Å². The van der Waals surface area contributed by atoms with Crippen molar-refractivity contribution in [1.82, 2.24) is 0 Å². The third kappa shape index (κ3) is 2.29. The van der Waals surface area contributed by atoms with Crippen molar-refractivity contribution in [3.05, 3.63) is 53.8 Å². The summed E-state index contributed by atoms with van der Waals surface area (Å²) in [5.41, 5.74) is 2.52. The average Bonchev–Trinajstić information content (AvgIpc) is 2.39. The van der Waals surface area contributed by atoms with Gasteiger partial charge in [-0.25, -0.2) is 4.39 Å². The van der Waals surface area contributed by atoms with E-state index in [1.165, 1.54) is 13.2 Å². The van der Waals surface area contributed by atoms with Gasteiger partial charge in [0.2, 0.25) is 0 Å². The standard InChI is InChI=1S/C14H13FO2/c1-17-14-8-10(6-7-13(14)15)12-5-3-2-4-11(12)9-16/h2-8,16H,9H2,1H3. The topological polar surface area (TPSA) is 29.5 Å². The summed E-state index contributed by atoms with van der Waals surface area (Å²) in [6, 6.07) is 12.1. The smallest absolute Gasteiger partial charge is 0.165 e. The molecule has 0 fully saturated rings. The average molecular weight is 232 g/mol. The Hall–Kier alpha value is -1.87. The van der Waals surface area contributed by atoms with Gasteiger partial charge in [0.05, 0.1) is 13.7 Å². The van der Waals surface area contributed by atoms with Crippen LogP contribution in [0.3, 0.4) is 0 Å². The van der Waals surface area contributed by atoms with Crippen molar-refractivity contribution in [3.63, 3.8) is 0 Å². The van der Waals surface area contributed by atoms with E-state index in [1.54, 1.807) is 12.1 Å². The second kappa shape index (κ2) is 4.97. The van der Waals surface area contributed by atoms with E-state index in [2.05, 4.69) is 0 Å². The molecule has 0 radical (unpaired) electrons. The maximum absolute atomic E-state index is 13.3. The van der Waals surface area contributed by atoms with Gasteiger partial charge in [0.1, 0.15) is 0 Å². The predicted molar refractivity (Wildman–Crippen MR) is 64.3 cm³/mol. The lowest BCUT2D eigenvalue weighted by atomic mass is 10.00. The molecule has 0 aliphatic heterocycles. The van der Waals surface area contributed by atoms with E-state index in [-0.39, 0.29) is 12.4 Å². The van der Waals surface area contributed by atoms with Crippen LogP contribution in [-0.2, 0) is 6.61 Å². The highest BCUT2D eigenvalue weighted by molar-refractivity contribution is 5.68. The lowest BCUT2D eigenvalue weighted by molar-refractivity contribution is 0.282. The summed E-state index contributed by atoms with van der Waals surface area (Å²) < 4.78 is 18.2. The van der Waals surface area contributed by atoms with Crippen LogP contribution in [0.15, 0.2) is 42.5 Å². The first-order valence-electron chi connectivity index (χ1n) is 5.29. The molecule has 2 rings (SSSR count). The maximum Gasteiger partial charge on any atom is 0.165 e. The molecule has 3 heteroatoms. The van der Waals surface area contributed by atoms with Crippen LogP contribution >= 0.6 is 0 Å². The van der Waals surface area contributed by atoms with Gasteiger partial charge in [0, 0.05) is 0 Å². The van der Waals surface area contributed by atoms with Crippen LogP contribution in [0.25, 0.3) is 11.1 Å². The molecule has 0 amide bonds. The molecule has 88 valence electrons. The monoisotopic (exact) mass is 232 g/mol. The molecule has 0 saturated carbocycles. The molecular formula is C14H13FO2. The lowest BCUT2D eigenvalue weighted by Crippen LogP contribution is -1.92. The first-order chi connectivity index (χ1) is 8.26. The molecule has 0 aliphatic carbocycles. The van der Waals surface area contributed by atoms with Crippen LogP contribution in [0.1, 0.15) is 5.56 Å². The minimum atomic E-state index is -0.391. The second-order valence-corrected chi connectivity index (χ2v) is 3.66. The molecule has 2 aromatic rings. The number of hydrogen-bond acceptors (Lipinski definition) is 2. The van der Waals surface area contributed by atoms with Crippen LogP contribution in [-0.4, -0.2) is 12.2 Å². The van der Waals surface area contributed by atoms with Gasteiger partial charge in [-0.2, -0.15) is 0 Å². The molecule has 17 heavy (non-hydrogen) atoms. The molecule has 0 atom stereocenters. The van der Waals surface area contributed by atoms with Gasteiger partial charge >= 0.3 is 0 Å². The van der Waals surface area contributed by atoms with Crippen LogP contribution in [0.2, 0.25) is 0 Å². The number of benzene rings is 2. The lowest BCUT2D eigenvalue weighted by Gasteiger charge is -2.09. The summed E-state index contributed by atoms with van der Waals surface area (Å²) >= 11 is 0. The Morgan fingerprint density at radius 1 is 1.18 bits per heavy atom. The number of halogens is 1. The Balaban J connectivity index is 2.53. The van der Waals surface area contributed by atoms with Crippen LogP contribution < -0.4 is 4.74 Å². The number of methoxy groups -OCH3 is 1. The molecular weight excluding hydrogens is 219 g/mol. The van der Waals surface area contributed by atoms with Crippen molar-refractivity contribution in [2.45, 2.75) is 6.61 Å². The molecule has 0 bridgehead atoms. The first-order valence-corrected chi connectivity index (χ1v) is 5.29. The van der Waals surface area contributed by atoms with Gasteiger partial charge in [0.15, 0.2) is 11.6 Å². The minimum absolute atomic E-state index is 0.0458. The van der Waals surface area contributed by atoms with E-state index in [1.807, 2.05) is 24.3 Å². The number of aliphatic hydroxyl groups excluding tert-OH is 1. The van der Waals surface area contributed by atoms with E-state index in [4.69, 9.17) is 4.74 Å². The second-order valence-electron chi connectivity index (χ2n) is 3.66. The summed E-state index contributed by atoms with van der Waals surface area (Å²) in [6.07, 6.45) is 0. The minimum Gasteiger partial charge on any atom is -0.494 e. The van der Waals surface area contributed by atoms with E-state index in [0.29, 0.717) is 0 Å². The zero-order valence-corrected chi connectivity index (χ0v) is 9.48. The molecule has 2 aromatic carbocycles. The fourth-order valence-electron chi connectivity index (χ4n) is 1.77. The quantitative estimate of drug-likeness (QED) is 0.881. The van der Waals surface area contributed by atoms with Gasteiger partial charge in [-0.05, 0) is 28.8 Å². The summed E-state index contributed by atoms with van der Waals surface area (Å²) in [7, 11) is 1.43. The van der Waals surface area contributed by atoms with Crippen LogP contribution in [0, 0.1) is 5.82 Å². The van der Waals surface area contributed by atoms with Crippen molar-refractivity contribution >= 4 is 0 Å². The zero-order chi connectivity index (χ0) is 12.3. The maximum atomic E-state index is 13.3. The highest BCUT2D eigenvalue weighted by Gasteiger charge is 2.07. The summed E-state index contributed by atoms with van der Waals surface area (Å²) in [5, 5.41) is 9.26. The highest BCUT2D eigenvalue weighted by Crippen LogP contribution is 2.28.